The lowest BCUT2D eigenvalue weighted by Gasteiger charge is -2.02. The Bertz CT molecular complexity index is 308. The van der Waals surface area contributed by atoms with Crippen LogP contribution in [-0.4, -0.2) is 18.2 Å². The molecule has 14 heavy (non-hydrogen) atoms. The predicted octanol–water partition coefficient (Wildman–Crippen LogP) is 2.35. The third-order valence-electron chi connectivity index (χ3n) is 2.32. The average Bonchev–Trinajstić information content (AvgIpc) is 2.97. The molecular formula is C11H15NO2. The summed E-state index contributed by atoms with van der Waals surface area (Å²) >= 11 is 0. The summed E-state index contributed by atoms with van der Waals surface area (Å²) in [6.45, 7) is 4.23. The molecule has 0 radical (unpaired) electrons. The number of hydrogen-bond donors (Lipinski definition) is 0. The lowest BCUT2D eigenvalue weighted by atomic mass is 10.2. The highest BCUT2D eigenvalue weighted by atomic mass is 16.8. The van der Waals surface area contributed by atoms with Crippen molar-refractivity contribution in [3.63, 3.8) is 0 Å². The van der Waals surface area contributed by atoms with Gasteiger partial charge in [-0.3, -0.25) is 4.84 Å². The van der Waals surface area contributed by atoms with Crippen molar-refractivity contribution < 1.29 is 9.57 Å². The Labute approximate surface area is 84.2 Å². The fourth-order valence-electron chi connectivity index (χ4n) is 1.46. The minimum atomic E-state index is 0.140. The Morgan fingerprint density at radius 3 is 2.36 bits per heavy atom. The van der Waals surface area contributed by atoms with E-state index in [9.17, 15) is 0 Å². The fraction of sp³-hybridized carbons (Fsp3) is 0.455. The molecule has 0 aromatic heterocycles. The van der Waals surface area contributed by atoms with Gasteiger partial charge in [-0.05, 0) is 31.5 Å². The molecule has 0 amide bonds. The lowest BCUT2D eigenvalue weighted by Crippen LogP contribution is -2.08. The van der Waals surface area contributed by atoms with Gasteiger partial charge in [0.15, 0.2) is 6.23 Å². The van der Waals surface area contributed by atoms with Crippen LogP contribution in [0.4, 0.5) is 0 Å². The van der Waals surface area contributed by atoms with Crippen LogP contribution in [0, 0.1) is 0 Å². The van der Waals surface area contributed by atoms with Crippen LogP contribution in [0.25, 0.3) is 0 Å². The van der Waals surface area contributed by atoms with E-state index in [1.165, 1.54) is 5.56 Å². The normalized spacial score (nSPS) is 25.1. The topological polar surface area (TPSA) is 24.8 Å². The van der Waals surface area contributed by atoms with Gasteiger partial charge in [0.25, 0.3) is 0 Å². The van der Waals surface area contributed by atoms with Crippen LogP contribution >= 0.6 is 0 Å². The van der Waals surface area contributed by atoms with Crippen LogP contribution in [-0.2, 0) is 4.84 Å². The third kappa shape index (κ3) is 1.74. The molecule has 0 N–H and O–H groups in total. The molecule has 1 aromatic rings. The van der Waals surface area contributed by atoms with Gasteiger partial charge in [0.2, 0.25) is 0 Å². The molecule has 0 bridgehead atoms. The van der Waals surface area contributed by atoms with Crippen molar-refractivity contribution in [1.29, 1.82) is 0 Å². The minimum Gasteiger partial charge on any atom is -0.497 e. The van der Waals surface area contributed by atoms with Gasteiger partial charge in [0.1, 0.15) is 5.75 Å². The van der Waals surface area contributed by atoms with Gasteiger partial charge in [-0.15, -0.1) is 5.06 Å². The molecule has 3 nitrogen and oxygen atoms in total. The molecule has 0 saturated carbocycles. The molecule has 1 aromatic carbocycles. The Morgan fingerprint density at radius 1 is 1.29 bits per heavy atom. The third-order valence-corrected chi connectivity index (χ3v) is 2.32. The van der Waals surface area contributed by atoms with Crippen LogP contribution < -0.4 is 4.74 Å². The van der Waals surface area contributed by atoms with Gasteiger partial charge >= 0.3 is 0 Å². The molecule has 0 aliphatic carbocycles. The summed E-state index contributed by atoms with van der Waals surface area (Å²) in [4.78, 5) is 5.43. The van der Waals surface area contributed by atoms with E-state index in [1.54, 1.807) is 7.11 Å². The summed E-state index contributed by atoms with van der Waals surface area (Å²) in [5.41, 5.74) is 1.18. The lowest BCUT2D eigenvalue weighted by molar-refractivity contribution is 0.164. The summed E-state index contributed by atoms with van der Waals surface area (Å²) in [6, 6.07) is 8.41. The number of hydroxylamine groups is 2. The molecule has 76 valence electrons. The highest BCUT2D eigenvalue weighted by Crippen LogP contribution is 2.39. The first kappa shape index (κ1) is 9.49. The minimum absolute atomic E-state index is 0.140. The number of methoxy groups -OCH3 is 1. The summed E-state index contributed by atoms with van der Waals surface area (Å²) < 4.78 is 5.09. The van der Waals surface area contributed by atoms with E-state index in [2.05, 4.69) is 13.8 Å². The summed E-state index contributed by atoms with van der Waals surface area (Å²) in [5, 5.41) is 1.97. The summed E-state index contributed by atoms with van der Waals surface area (Å²) in [6.07, 6.45) is 0.140. The fourth-order valence-corrected chi connectivity index (χ4v) is 1.46. The first-order valence-corrected chi connectivity index (χ1v) is 4.81. The van der Waals surface area contributed by atoms with E-state index in [0.717, 1.165) is 5.75 Å². The Kier molecular flexibility index (Phi) is 2.44. The molecular weight excluding hydrogens is 178 g/mol. The SMILES string of the molecule is COc1ccc(C2ON2C(C)C)cc1. The Hall–Kier alpha value is -1.06. The first-order chi connectivity index (χ1) is 6.72. The number of ether oxygens (including phenoxy) is 1. The average molecular weight is 193 g/mol. The van der Waals surface area contributed by atoms with E-state index in [-0.39, 0.29) is 6.23 Å². The molecule has 1 saturated heterocycles. The zero-order chi connectivity index (χ0) is 10.1. The van der Waals surface area contributed by atoms with E-state index < -0.39 is 0 Å². The maximum atomic E-state index is 5.43. The molecule has 2 unspecified atom stereocenters. The molecule has 2 atom stereocenters. The second-order valence-corrected chi connectivity index (χ2v) is 3.68. The van der Waals surface area contributed by atoms with E-state index in [1.807, 2.05) is 29.3 Å². The van der Waals surface area contributed by atoms with Crippen molar-refractivity contribution in [3.8, 4) is 5.75 Å². The molecule has 1 aliphatic heterocycles. The quantitative estimate of drug-likeness (QED) is 0.689. The predicted molar refractivity (Wildman–Crippen MR) is 53.8 cm³/mol. The highest BCUT2D eigenvalue weighted by Gasteiger charge is 2.39. The first-order valence-electron chi connectivity index (χ1n) is 4.81. The van der Waals surface area contributed by atoms with Crippen molar-refractivity contribution in [1.82, 2.24) is 5.06 Å². The van der Waals surface area contributed by atoms with Crippen molar-refractivity contribution in [2.75, 3.05) is 7.11 Å². The molecule has 1 heterocycles. The number of benzene rings is 1. The van der Waals surface area contributed by atoms with Crippen molar-refractivity contribution >= 4 is 0 Å². The molecule has 0 spiro atoms. The maximum Gasteiger partial charge on any atom is 0.180 e. The summed E-state index contributed by atoms with van der Waals surface area (Å²) in [5.74, 6) is 0.880. The smallest absolute Gasteiger partial charge is 0.180 e. The van der Waals surface area contributed by atoms with Crippen LogP contribution in [0.3, 0.4) is 0 Å². The highest BCUT2D eigenvalue weighted by molar-refractivity contribution is 5.29. The second kappa shape index (κ2) is 3.59. The molecule has 3 heteroatoms. The largest absolute Gasteiger partial charge is 0.497 e. The van der Waals surface area contributed by atoms with Gasteiger partial charge in [-0.2, -0.15) is 0 Å². The standard InChI is InChI=1S/C11H15NO2/c1-8(2)12-11(14-12)9-4-6-10(13-3)7-5-9/h4-8,11H,1-3H3. The van der Waals surface area contributed by atoms with Crippen molar-refractivity contribution in [3.05, 3.63) is 29.8 Å². The van der Waals surface area contributed by atoms with Crippen LogP contribution in [0.2, 0.25) is 0 Å². The van der Waals surface area contributed by atoms with E-state index >= 15 is 0 Å². The number of rotatable bonds is 3. The van der Waals surface area contributed by atoms with Gasteiger partial charge in [-0.1, -0.05) is 12.1 Å². The van der Waals surface area contributed by atoms with E-state index in [4.69, 9.17) is 9.57 Å². The number of hydrogen-bond acceptors (Lipinski definition) is 3. The monoisotopic (exact) mass is 193 g/mol. The van der Waals surface area contributed by atoms with Gasteiger partial charge in [-0.25, -0.2) is 0 Å². The molecule has 1 aliphatic rings. The van der Waals surface area contributed by atoms with Crippen molar-refractivity contribution in [2.24, 2.45) is 0 Å². The Morgan fingerprint density at radius 2 is 1.93 bits per heavy atom. The van der Waals surface area contributed by atoms with Gasteiger partial charge in [0.05, 0.1) is 7.11 Å². The van der Waals surface area contributed by atoms with Crippen LogP contribution in [0.15, 0.2) is 24.3 Å². The zero-order valence-electron chi connectivity index (χ0n) is 8.73. The second-order valence-electron chi connectivity index (χ2n) is 3.68. The number of nitrogens with zero attached hydrogens (tertiary/aromatic N) is 1. The van der Waals surface area contributed by atoms with E-state index in [0.29, 0.717) is 6.04 Å². The van der Waals surface area contributed by atoms with Crippen LogP contribution in [0.1, 0.15) is 25.6 Å². The molecule has 1 fully saturated rings. The van der Waals surface area contributed by atoms with Gasteiger partial charge < -0.3 is 4.74 Å². The van der Waals surface area contributed by atoms with Gasteiger partial charge in [0, 0.05) is 6.04 Å². The zero-order valence-corrected chi connectivity index (χ0v) is 8.73. The van der Waals surface area contributed by atoms with Crippen molar-refractivity contribution in [2.45, 2.75) is 26.1 Å². The summed E-state index contributed by atoms with van der Waals surface area (Å²) in [7, 11) is 1.67. The van der Waals surface area contributed by atoms with Crippen LogP contribution in [0.5, 0.6) is 5.75 Å². The molecule has 2 rings (SSSR count). The Balaban J connectivity index is 2.05. The maximum absolute atomic E-state index is 5.43.